The molecule has 0 heterocycles. The highest BCUT2D eigenvalue weighted by atomic mass is 16.5. The topological polar surface area (TPSA) is 40.5 Å². The van der Waals surface area contributed by atoms with Gasteiger partial charge in [0.25, 0.3) is 0 Å². The van der Waals surface area contributed by atoms with Gasteiger partial charge in [0.15, 0.2) is 6.29 Å². The van der Waals surface area contributed by atoms with E-state index < -0.39 is 11.7 Å². The molecule has 0 fully saturated rings. The van der Waals surface area contributed by atoms with Gasteiger partial charge in [0, 0.05) is 17.3 Å². The van der Waals surface area contributed by atoms with Crippen LogP contribution in [0.3, 0.4) is 0 Å². The monoisotopic (exact) mass is 568 g/mol. The summed E-state index contributed by atoms with van der Waals surface area (Å²) in [7, 11) is 0. The maximum absolute atomic E-state index is 9.99. The minimum Gasteiger partial charge on any atom is -0.368 e. The third kappa shape index (κ3) is 11.0. The van der Waals surface area contributed by atoms with Gasteiger partial charge in [0.1, 0.15) is 0 Å². The Kier molecular flexibility index (Phi) is 14.0. The lowest BCUT2D eigenvalue weighted by Gasteiger charge is -2.41. The number of allylic oxidation sites excluding steroid dienone is 22. The highest BCUT2D eigenvalue weighted by molar-refractivity contribution is 5.33. The minimum atomic E-state index is -1.33. The number of aliphatic hydroxyl groups is 2. The van der Waals surface area contributed by atoms with Crippen LogP contribution in [0, 0.1) is 22.7 Å². The van der Waals surface area contributed by atoms with E-state index in [1.807, 2.05) is 6.92 Å². The molecule has 0 aliphatic heterocycles. The first kappa shape index (κ1) is 35.3. The van der Waals surface area contributed by atoms with Gasteiger partial charge in [-0.15, -0.1) is 0 Å². The molecule has 0 aromatic rings. The maximum Gasteiger partial charge on any atom is 0.157 e. The zero-order chi connectivity index (χ0) is 31.3. The van der Waals surface area contributed by atoms with Gasteiger partial charge in [-0.2, -0.15) is 0 Å². The fourth-order valence-corrected chi connectivity index (χ4v) is 5.89. The molecule has 2 rings (SSSR count). The smallest absolute Gasteiger partial charge is 0.157 e. The van der Waals surface area contributed by atoms with Crippen LogP contribution in [-0.2, 0) is 0 Å². The molecular weight excluding hydrogens is 512 g/mol. The second kappa shape index (κ2) is 16.6. The van der Waals surface area contributed by atoms with E-state index in [9.17, 15) is 10.2 Å². The molecule has 0 amide bonds. The molecule has 0 saturated heterocycles. The van der Waals surface area contributed by atoms with Crippen molar-refractivity contribution in [3.8, 4) is 0 Å². The molecule has 3 atom stereocenters. The van der Waals surface area contributed by atoms with E-state index in [-0.39, 0.29) is 5.92 Å². The molecule has 42 heavy (non-hydrogen) atoms. The number of aliphatic hydroxyl groups excluding tert-OH is 1. The third-order valence-corrected chi connectivity index (χ3v) is 8.90. The van der Waals surface area contributed by atoms with Crippen LogP contribution >= 0.6 is 0 Å². The number of hydrogen-bond donors (Lipinski definition) is 2. The number of rotatable bonds is 11. The molecule has 2 aliphatic carbocycles. The average molecular weight is 569 g/mol. The van der Waals surface area contributed by atoms with Crippen molar-refractivity contribution < 1.29 is 10.2 Å². The Morgan fingerprint density at radius 1 is 0.643 bits per heavy atom. The quantitative estimate of drug-likeness (QED) is 0.148. The van der Waals surface area contributed by atoms with Crippen LogP contribution < -0.4 is 0 Å². The van der Waals surface area contributed by atoms with Crippen LogP contribution in [0.5, 0.6) is 0 Å². The summed E-state index contributed by atoms with van der Waals surface area (Å²) < 4.78 is 0. The molecule has 2 unspecified atom stereocenters. The summed E-state index contributed by atoms with van der Waals surface area (Å²) in [5.41, 5.74) is 7.23. The van der Waals surface area contributed by atoms with E-state index in [4.69, 9.17) is 0 Å². The van der Waals surface area contributed by atoms with Gasteiger partial charge in [-0.1, -0.05) is 151 Å². The van der Waals surface area contributed by atoms with Crippen LogP contribution in [0.2, 0.25) is 0 Å². The molecule has 0 saturated carbocycles. The third-order valence-electron chi connectivity index (χ3n) is 8.90. The lowest BCUT2D eigenvalue weighted by molar-refractivity contribution is -0.144. The van der Waals surface area contributed by atoms with E-state index in [0.717, 1.165) is 18.4 Å². The Morgan fingerprint density at radius 3 is 1.52 bits per heavy atom. The summed E-state index contributed by atoms with van der Waals surface area (Å²) in [6, 6.07) is 0. The molecule has 0 aromatic carbocycles. The van der Waals surface area contributed by atoms with Crippen molar-refractivity contribution in [2.75, 3.05) is 0 Å². The van der Waals surface area contributed by atoms with Crippen molar-refractivity contribution in [3.05, 3.63) is 131 Å². The van der Waals surface area contributed by atoms with Crippen LogP contribution in [-0.4, -0.2) is 16.5 Å². The first-order valence-corrected chi connectivity index (χ1v) is 15.5. The lowest BCUT2D eigenvalue weighted by atomic mass is 9.66. The molecule has 2 nitrogen and oxygen atoms in total. The fraction of sp³-hybridized carbons (Fsp3) is 0.450. The zero-order valence-electron chi connectivity index (χ0n) is 27.7. The summed E-state index contributed by atoms with van der Waals surface area (Å²) >= 11 is 0. The molecule has 228 valence electrons. The second-order valence-corrected chi connectivity index (χ2v) is 13.3. The standard InChI is InChI=1S/C40H56O2/c1-30(18-12-20-32(3)24-26-36-34(5)22-14-28-39(36,7)8)16-10-11-17-31(2)19-13-21-33(4)25-27-37-35(6)23-15-29-40(37,9)38(41)42/h10-13,16-27,36-38,41-42H,14-15,28-29H2,1-9H3/b11-10+,18-12+,19-13+,26-24+,27-25+,30-16+,31-17+,32-20+,33-21+/t36?,37?,40-/m0/s1. The second-order valence-electron chi connectivity index (χ2n) is 13.3. The lowest BCUT2D eigenvalue weighted by Crippen LogP contribution is -2.40. The van der Waals surface area contributed by atoms with Crippen molar-refractivity contribution in [1.82, 2.24) is 0 Å². The van der Waals surface area contributed by atoms with Crippen molar-refractivity contribution in [3.63, 3.8) is 0 Å². The molecular formula is C40H56O2. The molecule has 2 aliphatic rings. The van der Waals surface area contributed by atoms with Gasteiger partial charge >= 0.3 is 0 Å². The highest BCUT2D eigenvalue weighted by Gasteiger charge is 2.40. The Bertz CT molecular complexity index is 1250. The Morgan fingerprint density at radius 2 is 1.05 bits per heavy atom. The first-order valence-electron chi connectivity index (χ1n) is 15.5. The van der Waals surface area contributed by atoms with Crippen LogP contribution in [0.25, 0.3) is 0 Å². The van der Waals surface area contributed by atoms with Crippen LogP contribution in [0.4, 0.5) is 0 Å². The normalized spacial score (nSPS) is 27.0. The summed E-state index contributed by atoms with van der Waals surface area (Å²) in [5, 5.41) is 20.0. The van der Waals surface area contributed by atoms with Crippen molar-refractivity contribution >= 4 is 0 Å². The van der Waals surface area contributed by atoms with Gasteiger partial charge in [-0.25, -0.2) is 0 Å². The number of hydrogen-bond acceptors (Lipinski definition) is 2. The average Bonchev–Trinajstić information content (AvgIpc) is 2.90. The van der Waals surface area contributed by atoms with Crippen molar-refractivity contribution in [1.29, 1.82) is 0 Å². The predicted molar refractivity (Wildman–Crippen MR) is 184 cm³/mol. The molecule has 2 N–H and O–H groups in total. The highest BCUT2D eigenvalue weighted by Crippen LogP contribution is 2.44. The molecule has 0 bridgehead atoms. The maximum atomic E-state index is 9.99. The van der Waals surface area contributed by atoms with E-state index in [1.54, 1.807) is 0 Å². The van der Waals surface area contributed by atoms with E-state index in [2.05, 4.69) is 153 Å². The minimum absolute atomic E-state index is 0.0226. The summed E-state index contributed by atoms with van der Waals surface area (Å²) in [5.74, 6) is 0.538. The van der Waals surface area contributed by atoms with Gasteiger partial charge in [-0.05, 0) is 72.6 Å². The van der Waals surface area contributed by atoms with Crippen molar-refractivity contribution in [2.24, 2.45) is 22.7 Å². The summed E-state index contributed by atoms with van der Waals surface area (Å²) in [6.07, 6.45) is 37.3. The first-order chi connectivity index (χ1) is 19.8. The Labute approximate surface area is 257 Å². The molecule has 0 radical (unpaired) electrons. The zero-order valence-corrected chi connectivity index (χ0v) is 27.7. The van der Waals surface area contributed by atoms with E-state index in [1.165, 1.54) is 40.7 Å². The van der Waals surface area contributed by atoms with Gasteiger partial charge < -0.3 is 10.2 Å². The van der Waals surface area contributed by atoms with Gasteiger partial charge in [0.05, 0.1) is 0 Å². The summed E-state index contributed by atoms with van der Waals surface area (Å²) in [4.78, 5) is 0. The molecule has 2 heteroatoms. The SMILES string of the molecule is CC1=CCCC(C)(C)C1/C=C/C(C)=C/C=C/C(C)=C/C=C/C=C(C)/C=C/C=C(C)/C=C/C1C(C)=CCC[C@]1(C)C(O)O. The van der Waals surface area contributed by atoms with Crippen molar-refractivity contribution in [2.45, 2.75) is 94.3 Å². The molecule has 0 spiro atoms. The van der Waals surface area contributed by atoms with Gasteiger partial charge in [0.2, 0.25) is 0 Å². The van der Waals surface area contributed by atoms with E-state index >= 15 is 0 Å². The predicted octanol–water partition coefficient (Wildman–Crippen LogP) is 10.6. The van der Waals surface area contributed by atoms with Crippen LogP contribution in [0.15, 0.2) is 131 Å². The largest absolute Gasteiger partial charge is 0.368 e. The molecule has 0 aromatic heterocycles. The fourth-order valence-electron chi connectivity index (χ4n) is 5.89. The Hall–Kier alpha value is -2.94. The summed E-state index contributed by atoms with van der Waals surface area (Å²) in [6.45, 7) is 19.5. The van der Waals surface area contributed by atoms with Crippen LogP contribution in [0.1, 0.15) is 88.0 Å². The van der Waals surface area contributed by atoms with Gasteiger partial charge in [-0.3, -0.25) is 0 Å². The Balaban J connectivity index is 1.90. The van der Waals surface area contributed by atoms with E-state index in [0.29, 0.717) is 11.3 Å².